The zero-order chi connectivity index (χ0) is 12.6. The lowest BCUT2D eigenvalue weighted by Crippen LogP contribution is -2.25. The Bertz CT molecular complexity index is 252. The van der Waals surface area contributed by atoms with Gasteiger partial charge in [-0.2, -0.15) is 0 Å². The van der Waals surface area contributed by atoms with Gasteiger partial charge in [0.15, 0.2) is 5.79 Å². The third kappa shape index (κ3) is 7.43. The van der Waals surface area contributed by atoms with Crippen molar-refractivity contribution in [3.63, 3.8) is 0 Å². The van der Waals surface area contributed by atoms with Crippen LogP contribution in [0.4, 0.5) is 0 Å². The fraction of sp³-hybridized carbons (Fsp3) is 0.600. The van der Waals surface area contributed by atoms with E-state index in [1.54, 1.807) is 0 Å². The average molecular weight is 254 g/mol. The number of hydrogen-bond donors (Lipinski definition) is 0. The van der Waals surface area contributed by atoms with Crippen molar-refractivity contribution in [3.05, 3.63) is 36.4 Å². The first-order valence-electron chi connectivity index (χ1n) is 6.40. The largest absolute Gasteiger partial charge is 0.412 e. The second-order valence-corrected chi connectivity index (χ2v) is 4.92. The Labute approximate surface area is 110 Å². The van der Waals surface area contributed by atoms with Crippen LogP contribution in [0, 0.1) is 5.92 Å². The molecule has 0 atom stereocenters. The molecule has 2 rings (SSSR count). The van der Waals surface area contributed by atoms with Gasteiger partial charge in [-0.25, -0.2) is 0 Å². The van der Waals surface area contributed by atoms with Gasteiger partial charge < -0.3 is 14.9 Å². The molecule has 1 aromatic carbocycles. The van der Waals surface area contributed by atoms with Crippen LogP contribution in [0.5, 0.6) is 0 Å². The molecule has 18 heavy (non-hydrogen) atoms. The quantitative estimate of drug-likeness (QED) is 0.832. The zero-order valence-electron chi connectivity index (χ0n) is 11.7. The highest BCUT2D eigenvalue weighted by atomic mass is 16.7. The molecule has 1 heterocycles. The first-order chi connectivity index (χ1) is 8.12. The van der Waals surface area contributed by atoms with Crippen LogP contribution in [0.25, 0.3) is 0 Å². The van der Waals surface area contributed by atoms with Crippen LogP contribution < -0.4 is 0 Å². The molecule has 0 spiro atoms. The van der Waals surface area contributed by atoms with E-state index >= 15 is 0 Å². The second-order valence-electron chi connectivity index (χ2n) is 4.92. The zero-order valence-corrected chi connectivity index (χ0v) is 11.7. The molecule has 1 aliphatic rings. The van der Waals surface area contributed by atoms with Crippen LogP contribution >= 0.6 is 0 Å². The molecule has 1 saturated heterocycles. The predicted molar refractivity (Wildman–Crippen MR) is 74.4 cm³/mol. The first kappa shape index (κ1) is 17.1. The van der Waals surface area contributed by atoms with E-state index in [1.807, 2.05) is 43.3 Å². The van der Waals surface area contributed by atoms with Gasteiger partial charge in [0, 0.05) is 6.42 Å². The van der Waals surface area contributed by atoms with Crippen molar-refractivity contribution >= 4 is 0 Å². The lowest BCUT2D eigenvalue weighted by molar-refractivity contribution is -0.148. The van der Waals surface area contributed by atoms with E-state index in [9.17, 15) is 0 Å². The highest BCUT2D eigenvalue weighted by Crippen LogP contribution is 2.25. The summed E-state index contributed by atoms with van der Waals surface area (Å²) in [4.78, 5) is 0. The average Bonchev–Trinajstić information content (AvgIpc) is 2.78. The van der Waals surface area contributed by atoms with Gasteiger partial charge >= 0.3 is 0 Å². The molecule has 3 heteroatoms. The summed E-state index contributed by atoms with van der Waals surface area (Å²) in [7, 11) is 0. The van der Waals surface area contributed by atoms with Gasteiger partial charge in [-0.15, -0.1) is 0 Å². The molecule has 0 radical (unpaired) electrons. The molecule has 1 aromatic rings. The molecule has 1 aliphatic heterocycles. The Hall–Kier alpha value is -0.900. The highest BCUT2D eigenvalue weighted by Gasteiger charge is 2.30. The third-order valence-electron chi connectivity index (χ3n) is 2.74. The summed E-state index contributed by atoms with van der Waals surface area (Å²) < 4.78 is 10.9. The summed E-state index contributed by atoms with van der Waals surface area (Å²) in [5.74, 6) is 0.462. The maximum atomic E-state index is 5.47. The summed E-state index contributed by atoms with van der Waals surface area (Å²) in [6.45, 7) is 7.99. The number of ether oxygens (including phenoxy) is 2. The highest BCUT2D eigenvalue weighted by molar-refractivity contribution is 4.99. The maximum Gasteiger partial charge on any atom is 0.165 e. The molecule has 1 fully saturated rings. The Morgan fingerprint density at radius 2 is 1.33 bits per heavy atom. The standard InChI is InChI=1S/C9H18O2.C6H6.H2O/c1-8(2)4-5-9(3)10-6-7-11-9;1-2-4-6-5-3-1;/h8H,4-7H2,1-3H3;1-6H;1H2. The fourth-order valence-electron chi connectivity index (χ4n) is 1.64. The minimum Gasteiger partial charge on any atom is -0.412 e. The molecule has 3 nitrogen and oxygen atoms in total. The molecule has 0 saturated carbocycles. The van der Waals surface area contributed by atoms with Gasteiger partial charge in [0.1, 0.15) is 0 Å². The van der Waals surface area contributed by atoms with Crippen molar-refractivity contribution < 1.29 is 14.9 Å². The predicted octanol–water partition coefficient (Wildman–Crippen LogP) is 3.05. The van der Waals surface area contributed by atoms with E-state index < -0.39 is 0 Å². The molecule has 0 unspecified atom stereocenters. The van der Waals surface area contributed by atoms with Crippen LogP contribution in [0.15, 0.2) is 36.4 Å². The van der Waals surface area contributed by atoms with E-state index in [2.05, 4.69) is 13.8 Å². The summed E-state index contributed by atoms with van der Waals surface area (Å²) in [5, 5.41) is 0. The van der Waals surface area contributed by atoms with Crippen LogP contribution in [0.3, 0.4) is 0 Å². The van der Waals surface area contributed by atoms with Gasteiger partial charge in [-0.3, -0.25) is 0 Å². The number of benzene rings is 1. The minimum absolute atomic E-state index is 0. The molecule has 0 amide bonds. The lowest BCUT2D eigenvalue weighted by atomic mass is 10.0. The van der Waals surface area contributed by atoms with Crippen LogP contribution in [-0.2, 0) is 9.47 Å². The normalized spacial score (nSPS) is 16.7. The Balaban J connectivity index is 0.000000352. The Morgan fingerprint density at radius 3 is 1.67 bits per heavy atom. The van der Waals surface area contributed by atoms with E-state index in [4.69, 9.17) is 9.47 Å². The molecule has 2 N–H and O–H groups in total. The van der Waals surface area contributed by atoms with E-state index in [-0.39, 0.29) is 11.3 Å². The van der Waals surface area contributed by atoms with Crippen LogP contribution in [0.1, 0.15) is 33.6 Å². The smallest absolute Gasteiger partial charge is 0.165 e. The van der Waals surface area contributed by atoms with Gasteiger partial charge in [0.05, 0.1) is 13.2 Å². The van der Waals surface area contributed by atoms with E-state index in [0.29, 0.717) is 0 Å². The van der Waals surface area contributed by atoms with Gasteiger partial charge in [0.2, 0.25) is 0 Å². The SMILES string of the molecule is CC(C)CCC1(C)OCCO1.O.c1ccccc1. The fourth-order valence-corrected chi connectivity index (χ4v) is 1.64. The summed E-state index contributed by atoms with van der Waals surface area (Å²) in [6, 6.07) is 12.0. The van der Waals surface area contributed by atoms with Crippen molar-refractivity contribution in [2.45, 2.75) is 39.4 Å². The van der Waals surface area contributed by atoms with Crippen molar-refractivity contribution in [3.8, 4) is 0 Å². The van der Waals surface area contributed by atoms with Crippen LogP contribution in [-0.4, -0.2) is 24.5 Å². The molecule has 0 aromatic heterocycles. The topological polar surface area (TPSA) is 50.0 Å². The van der Waals surface area contributed by atoms with Crippen LogP contribution in [0.2, 0.25) is 0 Å². The van der Waals surface area contributed by atoms with E-state index in [1.165, 1.54) is 6.42 Å². The second kappa shape index (κ2) is 9.09. The number of hydrogen-bond acceptors (Lipinski definition) is 2. The Kier molecular flexibility index (Phi) is 8.63. The molecule has 0 aliphatic carbocycles. The van der Waals surface area contributed by atoms with Gasteiger partial charge in [0.25, 0.3) is 0 Å². The molecule has 0 bridgehead atoms. The molecule has 104 valence electrons. The maximum absolute atomic E-state index is 5.47. The summed E-state index contributed by atoms with van der Waals surface area (Å²) >= 11 is 0. The monoisotopic (exact) mass is 254 g/mol. The summed E-state index contributed by atoms with van der Waals surface area (Å²) in [6.07, 6.45) is 2.20. The van der Waals surface area contributed by atoms with Crippen molar-refractivity contribution in [2.24, 2.45) is 5.92 Å². The van der Waals surface area contributed by atoms with E-state index in [0.717, 1.165) is 25.6 Å². The summed E-state index contributed by atoms with van der Waals surface area (Å²) in [5.41, 5.74) is 0. The van der Waals surface area contributed by atoms with Gasteiger partial charge in [-0.1, -0.05) is 50.2 Å². The molecular formula is C15H26O3. The van der Waals surface area contributed by atoms with Crippen molar-refractivity contribution in [2.75, 3.05) is 13.2 Å². The molecular weight excluding hydrogens is 228 g/mol. The lowest BCUT2D eigenvalue weighted by Gasteiger charge is -2.22. The third-order valence-corrected chi connectivity index (χ3v) is 2.74. The Morgan fingerprint density at radius 1 is 0.944 bits per heavy atom. The van der Waals surface area contributed by atoms with Crippen molar-refractivity contribution in [1.82, 2.24) is 0 Å². The first-order valence-corrected chi connectivity index (χ1v) is 6.40. The van der Waals surface area contributed by atoms with Crippen molar-refractivity contribution in [1.29, 1.82) is 0 Å². The minimum atomic E-state index is -0.274. The number of rotatable bonds is 3. The van der Waals surface area contributed by atoms with Gasteiger partial charge in [-0.05, 0) is 19.3 Å².